The number of halogens is 4. The number of unbranched alkanes of at least 4 members (excludes halogenated alkanes) is 14. The Morgan fingerprint density at radius 2 is 0.659 bits per heavy atom. The topological polar surface area (TPSA) is 148 Å². The number of carbonyl (C=O) groups excluding carboxylic acids is 2. The molecule has 4 aliphatic carbocycles. The molecular formula is C114H112F4N4O4S6. The van der Waals surface area contributed by atoms with E-state index < -0.39 is 45.7 Å². The summed E-state index contributed by atoms with van der Waals surface area (Å²) >= 11 is 10.2. The van der Waals surface area contributed by atoms with E-state index in [1.165, 1.54) is 101 Å². The molecule has 6 heterocycles. The minimum Gasteiger partial charge on any atom is -0.492 e. The first-order valence-corrected chi connectivity index (χ1v) is 52.7. The smallest absolute Gasteiger partial charge is 0.194 e. The molecule has 676 valence electrons. The normalized spacial score (nSPS) is 14.7. The third kappa shape index (κ3) is 18.2. The maximum atomic E-state index is 15.4. The Labute approximate surface area is 799 Å². The zero-order valence-electron chi connectivity index (χ0n) is 76.8. The number of ether oxygens (including phenoxy) is 2. The molecular weight excluding hydrogens is 1760 g/mol. The van der Waals surface area contributed by atoms with Crippen LogP contribution in [0, 0.1) is 80.4 Å². The molecule has 6 aromatic carbocycles. The summed E-state index contributed by atoms with van der Waals surface area (Å²) in [4.78, 5) is 39.0. The number of nitriles is 4. The zero-order chi connectivity index (χ0) is 92.5. The molecule has 0 radical (unpaired) electrons. The molecule has 16 rings (SSSR count). The van der Waals surface area contributed by atoms with Crippen molar-refractivity contribution < 1.29 is 36.6 Å². The van der Waals surface area contributed by atoms with Gasteiger partial charge in [-0.1, -0.05) is 268 Å². The fourth-order valence-electron chi connectivity index (χ4n) is 20.1. The molecule has 0 aliphatic heterocycles. The summed E-state index contributed by atoms with van der Waals surface area (Å²) < 4.78 is 78.1. The molecule has 0 bridgehead atoms. The fourth-order valence-corrected chi connectivity index (χ4v) is 28.2. The Hall–Kier alpha value is -10.6. The maximum absolute atomic E-state index is 15.4. The molecule has 0 fully saturated rings. The Bertz CT molecular complexity index is 6090. The molecule has 2 atom stereocenters. The van der Waals surface area contributed by atoms with Crippen molar-refractivity contribution >= 4 is 112 Å². The Morgan fingerprint density at radius 3 is 0.947 bits per heavy atom. The van der Waals surface area contributed by atoms with Crippen LogP contribution in [0.3, 0.4) is 0 Å². The van der Waals surface area contributed by atoms with E-state index in [-0.39, 0.29) is 67.5 Å². The summed E-state index contributed by atoms with van der Waals surface area (Å²) in [5.41, 5.74) is 11.3. The molecule has 0 N–H and O–H groups in total. The third-order valence-electron chi connectivity index (χ3n) is 27.4. The number of fused-ring (bicyclic) bond motifs is 11. The highest BCUT2D eigenvalue weighted by Crippen LogP contribution is 2.72. The molecule has 2 unspecified atom stereocenters. The van der Waals surface area contributed by atoms with Crippen LogP contribution in [0.4, 0.5) is 17.6 Å². The van der Waals surface area contributed by atoms with Gasteiger partial charge in [0.2, 0.25) is 0 Å². The molecule has 18 heteroatoms. The van der Waals surface area contributed by atoms with Crippen LogP contribution in [-0.2, 0) is 36.5 Å². The number of nitrogens with zero attached hydrogens (tertiary/aromatic N) is 4. The molecule has 0 saturated carbocycles. The average molecular weight is 1870 g/mol. The van der Waals surface area contributed by atoms with Crippen molar-refractivity contribution in [3.05, 3.63) is 290 Å². The Balaban J connectivity index is 0.977. The van der Waals surface area contributed by atoms with Gasteiger partial charge in [0.15, 0.2) is 34.8 Å². The number of allylic oxidation sites excluding steroid dienone is 6. The summed E-state index contributed by atoms with van der Waals surface area (Å²) in [5, 5.41) is 42.1. The molecule has 0 saturated heterocycles. The zero-order valence-corrected chi connectivity index (χ0v) is 81.7. The van der Waals surface area contributed by atoms with Crippen molar-refractivity contribution in [3.63, 3.8) is 0 Å². The first kappa shape index (κ1) is 94.6. The predicted octanol–water partition coefficient (Wildman–Crippen LogP) is 33.7. The van der Waals surface area contributed by atoms with Gasteiger partial charge < -0.3 is 9.47 Å². The van der Waals surface area contributed by atoms with Crippen LogP contribution in [0.1, 0.15) is 318 Å². The van der Waals surface area contributed by atoms with Crippen molar-refractivity contribution in [1.82, 2.24) is 0 Å². The number of ketones is 2. The molecule has 0 amide bonds. The molecule has 0 spiro atoms. The molecule has 6 aromatic heterocycles. The van der Waals surface area contributed by atoms with Gasteiger partial charge in [0.05, 0.1) is 62.7 Å². The highest BCUT2D eigenvalue weighted by Gasteiger charge is 2.56. The highest BCUT2D eigenvalue weighted by atomic mass is 32.1. The Morgan fingerprint density at radius 1 is 0.356 bits per heavy atom. The lowest BCUT2D eigenvalue weighted by molar-refractivity contribution is 0.103. The summed E-state index contributed by atoms with van der Waals surface area (Å²) in [7, 11) is 0. The lowest BCUT2D eigenvalue weighted by atomic mass is 9.67. The highest BCUT2D eigenvalue weighted by molar-refractivity contribution is 7.35. The first-order chi connectivity index (χ1) is 64.4. The monoisotopic (exact) mass is 1870 g/mol. The number of benzene rings is 6. The number of rotatable bonds is 42. The number of hydrogen-bond donors (Lipinski definition) is 0. The van der Waals surface area contributed by atoms with E-state index >= 15 is 17.6 Å². The maximum Gasteiger partial charge on any atom is 0.194 e. The number of aryl methyl sites for hydroxylation is 4. The van der Waals surface area contributed by atoms with E-state index in [2.05, 4.69) is 165 Å². The van der Waals surface area contributed by atoms with Gasteiger partial charge >= 0.3 is 0 Å². The number of thiophene rings is 6. The molecule has 12 aromatic rings. The van der Waals surface area contributed by atoms with E-state index in [4.69, 9.17) is 9.47 Å². The van der Waals surface area contributed by atoms with Gasteiger partial charge in [-0.3, -0.25) is 9.59 Å². The average Bonchev–Trinajstić information content (AvgIpc) is 1.48. The fraction of sp³-hybridized carbons (Fsp3) is 0.368. The SMILES string of the molecule is CCCCCCc1ccc(C2(c3ccc(CCCCCC)cc3)c3cc(-c4sc(/C=C5\C(=O)c6cc(F)c(F)cc6C5=C(C#N)C#N)cc4OCC(CC)CCCC)sc3-c3sc4c5c(sc4c32)-c2sc(-c3sc(/C=C4\C(=O)c6cc(F)c(F)cc6C4=C(C#N)C#N)cc3OCC(CC)CCCC)cc2C5(c2ccc(CCCCCC)cc2)c2ccc(CCCCCC)cc2)cc1. The van der Waals surface area contributed by atoms with Gasteiger partial charge in [-0.25, -0.2) is 17.6 Å². The second kappa shape index (κ2) is 42.3. The van der Waals surface area contributed by atoms with Crippen LogP contribution >= 0.6 is 68.0 Å². The number of hydrogen-bond acceptors (Lipinski definition) is 14. The van der Waals surface area contributed by atoms with Crippen molar-refractivity contribution in [2.75, 3.05) is 13.2 Å². The van der Waals surface area contributed by atoms with E-state index in [0.717, 1.165) is 241 Å². The predicted molar refractivity (Wildman–Crippen MR) is 539 cm³/mol. The lowest BCUT2D eigenvalue weighted by Gasteiger charge is -2.34. The summed E-state index contributed by atoms with van der Waals surface area (Å²) in [6, 6.07) is 58.2. The largest absolute Gasteiger partial charge is 0.492 e. The molecule has 4 aliphatic rings. The van der Waals surface area contributed by atoms with Gasteiger partial charge in [0, 0.05) is 64.1 Å². The number of Topliss-reactive ketones (excluding diaryl/α,β-unsaturated/α-hetero) is 2. The lowest BCUT2D eigenvalue weighted by Crippen LogP contribution is -2.29. The van der Waals surface area contributed by atoms with Crippen molar-refractivity contribution in [3.8, 4) is 74.8 Å². The van der Waals surface area contributed by atoms with Crippen molar-refractivity contribution in [1.29, 1.82) is 21.0 Å². The summed E-state index contributed by atoms with van der Waals surface area (Å²) in [6.07, 6.45) is 33.0. The second-order valence-corrected chi connectivity index (χ2v) is 42.3. The quantitative estimate of drug-likeness (QED) is 0.0159. The van der Waals surface area contributed by atoms with Gasteiger partial charge in [0.1, 0.15) is 46.9 Å². The third-order valence-corrected chi connectivity index (χ3v) is 35.0. The second-order valence-electron chi connectivity index (χ2n) is 36.0. The first-order valence-electron chi connectivity index (χ1n) is 47.8. The van der Waals surface area contributed by atoms with E-state index in [1.807, 2.05) is 59.1 Å². The molecule has 132 heavy (non-hydrogen) atoms. The van der Waals surface area contributed by atoms with Crippen molar-refractivity contribution in [2.24, 2.45) is 11.8 Å². The van der Waals surface area contributed by atoms with E-state index in [0.29, 0.717) is 34.5 Å². The van der Waals surface area contributed by atoms with Crippen LogP contribution < -0.4 is 9.47 Å². The minimum atomic E-state index is -1.21. The van der Waals surface area contributed by atoms with Gasteiger partial charge in [-0.2, -0.15) is 21.0 Å². The van der Waals surface area contributed by atoms with Gasteiger partial charge in [-0.15, -0.1) is 68.0 Å². The summed E-state index contributed by atoms with van der Waals surface area (Å²) in [6.45, 7) is 18.7. The van der Waals surface area contributed by atoms with Crippen LogP contribution in [0.2, 0.25) is 0 Å². The Kier molecular flexibility index (Phi) is 30.3. The van der Waals surface area contributed by atoms with E-state index in [1.54, 1.807) is 34.8 Å². The van der Waals surface area contributed by atoms with E-state index in [9.17, 15) is 30.6 Å². The number of carbonyl (C=O) groups is 2. The van der Waals surface area contributed by atoms with Crippen molar-refractivity contribution in [2.45, 2.75) is 246 Å². The standard InChI is InChI=1S/C114H112F4N4O4S6/c1-9-17-23-27-33-71-37-45-77(46-38-71)113(78-47-39-72(40-48-78)34-28-24-18-10-2)89-61-97(107-95(125-67-69(15-7)31-21-13-5)55-81(127-107)53-87-99(75(63-119)64-120)83-57-91(115)93(117)59-85(83)103(87)123)129-105(89)109-101(113)111-112(131-109)102-110(132-111)106-90(114(102,79-49-41-73(42-50-79)35-29-25-19-11-3)80-51-43-74(44-52-80)36-30-26-20-12-4)62-98(130-106)108-96(126-68-70(16-8)32-22-14-6)56-82(128-108)54-88-100(76(65-121)66-122)84-58-92(116)94(118)60-86(84)104(88)124/h37-62,69-70H,9-36,67-68H2,1-8H3/b87-53-,88-54-. The molecule has 8 nitrogen and oxygen atoms in total. The van der Waals surface area contributed by atoms with Crippen LogP contribution in [0.5, 0.6) is 11.5 Å². The van der Waals surface area contributed by atoms with Gasteiger partial charge in [0.25, 0.3) is 0 Å². The van der Waals surface area contributed by atoms with Crippen LogP contribution in [0.25, 0.3) is 71.7 Å². The van der Waals surface area contributed by atoms with Gasteiger partial charge in [-0.05, 0) is 203 Å². The minimum absolute atomic E-state index is 0.00971. The van der Waals surface area contributed by atoms with Crippen LogP contribution in [0.15, 0.2) is 168 Å². The summed E-state index contributed by atoms with van der Waals surface area (Å²) in [5.74, 6) is -4.36. The van der Waals surface area contributed by atoms with Crippen LogP contribution in [-0.4, -0.2) is 24.8 Å².